The van der Waals surface area contributed by atoms with Crippen LogP contribution < -0.4 is 9.80 Å². The van der Waals surface area contributed by atoms with Gasteiger partial charge >= 0.3 is 0 Å². The van der Waals surface area contributed by atoms with Gasteiger partial charge in [-0.05, 0) is 98.0 Å². The summed E-state index contributed by atoms with van der Waals surface area (Å²) in [6.45, 7) is 1.76. The second-order valence-electron chi connectivity index (χ2n) is 13.9. The fraction of sp³-hybridized carbons (Fsp3) is 0.225. The lowest BCUT2D eigenvalue weighted by Gasteiger charge is -2.49. The molecule has 2 saturated heterocycles. The number of phenols is 1. The zero-order chi connectivity index (χ0) is 35.3. The van der Waals surface area contributed by atoms with Gasteiger partial charge < -0.3 is 9.52 Å². The molecule has 1 N–H and O–H groups in total. The van der Waals surface area contributed by atoms with Gasteiger partial charge in [0.05, 0.1) is 39.6 Å². The molecule has 6 atom stereocenters. The Hall–Kier alpha value is -5.61. The van der Waals surface area contributed by atoms with Gasteiger partial charge in [-0.2, -0.15) is 0 Å². The number of nitrogens with zero attached hydrogens (tertiary/aromatic N) is 3. The number of anilines is 2. The lowest BCUT2D eigenvalue weighted by atomic mass is 9.51. The highest BCUT2D eigenvalue weighted by molar-refractivity contribution is 6.32. The molecule has 9 nitrogen and oxygen atoms in total. The number of benzene rings is 4. The maximum Gasteiger partial charge on any atom is 0.241 e. The number of carbonyl (C=O) groups is 4. The summed E-state index contributed by atoms with van der Waals surface area (Å²) in [4.78, 5) is 64.2. The van der Waals surface area contributed by atoms with Crippen molar-refractivity contribution in [3.05, 3.63) is 119 Å². The fourth-order valence-corrected chi connectivity index (χ4v) is 9.11. The number of aromatic hydroxyl groups is 1. The molecular formula is C40H29ClFN3O6. The third-order valence-electron chi connectivity index (χ3n) is 11.3. The van der Waals surface area contributed by atoms with Crippen molar-refractivity contribution < 1.29 is 33.1 Å². The molecule has 4 amide bonds. The molecule has 0 radical (unpaired) electrons. The van der Waals surface area contributed by atoms with Crippen LogP contribution >= 0.6 is 11.6 Å². The second kappa shape index (κ2) is 11.2. The van der Waals surface area contributed by atoms with E-state index in [1.807, 2.05) is 30.3 Å². The Kier molecular flexibility index (Phi) is 6.89. The first-order valence-electron chi connectivity index (χ1n) is 16.7. The van der Waals surface area contributed by atoms with Gasteiger partial charge in [0.15, 0.2) is 5.58 Å². The number of rotatable bonds is 4. The maximum absolute atomic E-state index is 14.5. The van der Waals surface area contributed by atoms with Crippen LogP contribution in [0.3, 0.4) is 0 Å². The zero-order valence-electron chi connectivity index (χ0n) is 27.1. The molecular weight excluding hydrogens is 673 g/mol. The van der Waals surface area contributed by atoms with Crippen molar-refractivity contribution >= 4 is 57.7 Å². The van der Waals surface area contributed by atoms with Crippen LogP contribution in [0.2, 0.25) is 5.02 Å². The lowest BCUT2D eigenvalue weighted by Crippen LogP contribution is -2.48. The first-order chi connectivity index (χ1) is 24.6. The topological polar surface area (TPSA) is 121 Å². The van der Waals surface area contributed by atoms with Crippen molar-refractivity contribution in [2.75, 3.05) is 9.80 Å². The summed E-state index contributed by atoms with van der Waals surface area (Å²) < 4.78 is 20.0. The third-order valence-corrected chi connectivity index (χ3v) is 11.6. The van der Waals surface area contributed by atoms with Crippen LogP contribution in [0, 0.1) is 34.9 Å². The molecule has 11 heteroatoms. The van der Waals surface area contributed by atoms with E-state index < -0.39 is 52.6 Å². The normalized spacial score (nSPS) is 27.1. The maximum atomic E-state index is 14.5. The molecule has 4 aliphatic rings. The zero-order valence-corrected chi connectivity index (χ0v) is 27.9. The number of para-hydroxylation sites is 2. The van der Waals surface area contributed by atoms with Crippen LogP contribution in [-0.2, 0) is 19.2 Å². The third kappa shape index (κ3) is 4.48. The molecule has 0 spiro atoms. The molecule has 4 aromatic carbocycles. The molecule has 2 aliphatic carbocycles. The summed E-state index contributed by atoms with van der Waals surface area (Å²) in [7, 11) is 0. The first kappa shape index (κ1) is 31.4. The number of hydrogen-bond donors (Lipinski definition) is 1. The average molecular weight is 702 g/mol. The Bertz CT molecular complexity index is 2320. The lowest BCUT2D eigenvalue weighted by molar-refractivity contribution is -0.131. The average Bonchev–Trinajstić information content (AvgIpc) is 3.74. The summed E-state index contributed by atoms with van der Waals surface area (Å²) in [5.74, 6) is -5.26. The van der Waals surface area contributed by atoms with Gasteiger partial charge in [-0.1, -0.05) is 47.5 Å². The van der Waals surface area contributed by atoms with Gasteiger partial charge in [-0.25, -0.2) is 14.3 Å². The number of hydrogen-bond acceptors (Lipinski definition) is 7. The van der Waals surface area contributed by atoms with E-state index in [1.165, 1.54) is 29.2 Å². The van der Waals surface area contributed by atoms with Crippen molar-refractivity contribution in [1.82, 2.24) is 4.98 Å². The Balaban J connectivity index is 1.09. The fourth-order valence-electron chi connectivity index (χ4n) is 8.94. The number of phenolic OH excluding ortho intramolecular Hbond substituents is 1. The van der Waals surface area contributed by atoms with Gasteiger partial charge in [0.2, 0.25) is 29.5 Å². The van der Waals surface area contributed by atoms with E-state index >= 15 is 0 Å². The Labute approximate surface area is 295 Å². The predicted molar refractivity (Wildman–Crippen MR) is 186 cm³/mol. The van der Waals surface area contributed by atoms with Crippen LogP contribution in [0.15, 0.2) is 107 Å². The Morgan fingerprint density at radius 3 is 2.31 bits per heavy atom. The summed E-state index contributed by atoms with van der Waals surface area (Å²) in [5, 5.41) is 9.91. The van der Waals surface area contributed by atoms with E-state index in [0.717, 1.165) is 22.1 Å². The van der Waals surface area contributed by atoms with E-state index in [9.17, 15) is 28.7 Å². The van der Waals surface area contributed by atoms with Gasteiger partial charge in [-0.3, -0.25) is 24.1 Å². The molecule has 3 heterocycles. The number of imide groups is 2. The number of oxazole rings is 1. The highest BCUT2D eigenvalue weighted by Crippen LogP contribution is 2.63. The summed E-state index contributed by atoms with van der Waals surface area (Å²) in [6.07, 6.45) is 2.41. The minimum atomic E-state index is -1.28. The molecule has 3 fully saturated rings. The highest BCUT2D eigenvalue weighted by Gasteiger charge is 2.67. The van der Waals surface area contributed by atoms with Gasteiger partial charge in [0, 0.05) is 11.5 Å². The van der Waals surface area contributed by atoms with Crippen LogP contribution in [0.5, 0.6) is 5.75 Å². The van der Waals surface area contributed by atoms with E-state index in [4.69, 9.17) is 16.0 Å². The van der Waals surface area contributed by atoms with Crippen molar-refractivity contribution in [2.24, 2.45) is 29.1 Å². The smallest absolute Gasteiger partial charge is 0.241 e. The minimum absolute atomic E-state index is 0.0382. The number of allylic oxidation sites excluding steroid dienone is 2. The standard InChI is InChI=1S/C40H29ClFN3O6/c1-40-28(37(48)45(39(40)50)23-12-17-30(42)29(41)18-23)19-27-25(34(40)20-8-13-24(46)14-9-20)15-16-26-33(27)38(49)44(36(26)47)22-10-6-21(7-11-22)35-43-31-4-2-3-5-32(31)51-35/h2-15,17-18,26-28,33-34,46H,16,19H2,1H3/t26-,27+,28-,33-,34-,40+/m0/s1. The molecule has 0 unspecified atom stereocenters. The number of fused-ring (bicyclic) bond motifs is 5. The quantitative estimate of drug-likeness (QED) is 0.153. The van der Waals surface area contributed by atoms with E-state index in [-0.39, 0.29) is 41.1 Å². The largest absolute Gasteiger partial charge is 0.508 e. The number of halogens is 2. The second-order valence-corrected chi connectivity index (χ2v) is 14.3. The van der Waals surface area contributed by atoms with Crippen molar-refractivity contribution in [3.8, 4) is 17.2 Å². The molecule has 1 aromatic heterocycles. The molecule has 2 aliphatic heterocycles. The van der Waals surface area contributed by atoms with Crippen LogP contribution in [0.1, 0.15) is 31.2 Å². The Morgan fingerprint density at radius 2 is 1.59 bits per heavy atom. The summed E-state index contributed by atoms with van der Waals surface area (Å²) in [5.41, 5.74) is 2.86. The molecule has 5 aromatic rings. The predicted octanol–water partition coefficient (Wildman–Crippen LogP) is 7.43. The molecule has 254 valence electrons. The van der Waals surface area contributed by atoms with Crippen molar-refractivity contribution in [1.29, 1.82) is 0 Å². The monoisotopic (exact) mass is 701 g/mol. The van der Waals surface area contributed by atoms with Crippen LogP contribution in [0.4, 0.5) is 15.8 Å². The van der Waals surface area contributed by atoms with E-state index in [2.05, 4.69) is 4.98 Å². The summed E-state index contributed by atoms with van der Waals surface area (Å²) >= 11 is 6.09. The SMILES string of the molecule is C[C@@]12C(=O)N(c3ccc(F)c(Cl)c3)C(=O)[C@@H]1C[C@@H]1C(=CC[C@@H]3C(=O)N(c4ccc(-c5nc6ccccc6o5)cc4)C(=O)[C@@H]31)[C@@H]2c1ccc(O)cc1. The van der Waals surface area contributed by atoms with Gasteiger partial charge in [0.25, 0.3) is 0 Å². The highest BCUT2D eigenvalue weighted by atomic mass is 35.5. The molecule has 1 saturated carbocycles. The Morgan fingerprint density at radius 1 is 0.863 bits per heavy atom. The van der Waals surface area contributed by atoms with E-state index in [1.54, 1.807) is 43.3 Å². The first-order valence-corrected chi connectivity index (χ1v) is 17.1. The molecule has 9 rings (SSSR count). The molecule has 51 heavy (non-hydrogen) atoms. The van der Waals surface area contributed by atoms with Gasteiger partial charge in [-0.15, -0.1) is 0 Å². The number of amides is 4. The van der Waals surface area contributed by atoms with E-state index in [0.29, 0.717) is 28.3 Å². The van der Waals surface area contributed by atoms with Crippen LogP contribution in [-0.4, -0.2) is 33.7 Å². The number of carbonyl (C=O) groups excluding carboxylic acids is 4. The summed E-state index contributed by atoms with van der Waals surface area (Å²) in [6, 6.07) is 24.6. The molecule has 0 bridgehead atoms. The van der Waals surface area contributed by atoms with Crippen LogP contribution in [0.25, 0.3) is 22.6 Å². The number of aromatic nitrogens is 1. The van der Waals surface area contributed by atoms with Crippen molar-refractivity contribution in [2.45, 2.75) is 25.7 Å². The minimum Gasteiger partial charge on any atom is -0.508 e. The van der Waals surface area contributed by atoms with Gasteiger partial charge in [0.1, 0.15) is 17.1 Å². The van der Waals surface area contributed by atoms with Crippen molar-refractivity contribution in [3.63, 3.8) is 0 Å².